The molecule has 4 nitrogen and oxygen atoms in total. The van der Waals surface area contributed by atoms with Crippen LogP contribution in [0.2, 0.25) is 0 Å². The molecule has 20 heavy (non-hydrogen) atoms. The maximum atomic E-state index is 12.5. The van der Waals surface area contributed by atoms with Crippen molar-refractivity contribution in [3.05, 3.63) is 42.2 Å². The normalized spacial score (nSPS) is 13.9. The lowest BCUT2D eigenvalue weighted by atomic mass is 10.1. The van der Waals surface area contributed by atoms with Crippen LogP contribution >= 0.6 is 0 Å². The Morgan fingerprint density at radius 3 is 2.95 bits per heavy atom. The molecule has 2 unspecified atom stereocenters. The van der Waals surface area contributed by atoms with E-state index >= 15 is 0 Å². The molecule has 2 atom stereocenters. The van der Waals surface area contributed by atoms with Crippen molar-refractivity contribution in [1.29, 1.82) is 0 Å². The van der Waals surface area contributed by atoms with Crippen molar-refractivity contribution in [3.63, 3.8) is 0 Å². The van der Waals surface area contributed by atoms with E-state index in [0.29, 0.717) is 17.5 Å². The molecule has 108 valence electrons. The largest absolute Gasteiger partial charge is 0.384 e. The van der Waals surface area contributed by atoms with Crippen molar-refractivity contribution >= 4 is 16.5 Å². The molecule has 0 radical (unpaired) electrons. The summed E-state index contributed by atoms with van der Waals surface area (Å²) in [5, 5.41) is 3.68. The van der Waals surface area contributed by atoms with Gasteiger partial charge in [-0.1, -0.05) is 25.1 Å². The summed E-state index contributed by atoms with van der Waals surface area (Å²) in [5.74, 6) is 0.333. The van der Waals surface area contributed by atoms with Crippen LogP contribution in [-0.4, -0.2) is 27.4 Å². The Labute approximate surface area is 120 Å². The van der Waals surface area contributed by atoms with Gasteiger partial charge in [-0.25, -0.2) is 4.98 Å². The minimum absolute atomic E-state index is 0.0429. The van der Waals surface area contributed by atoms with Crippen molar-refractivity contribution in [3.8, 4) is 0 Å². The lowest BCUT2D eigenvalue weighted by Gasteiger charge is -2.13. The highest BCUT2D eigenvalue weighted by molar-refractivity contribution is 7.84. The molecule has 0 saturated carbocycles. The molecule has 6 heteroatoms. The lowest BCUT2D eigenvalue weighted by Crippen LogP contribution is -2.14. The summed E-state index contributed by atoms with van der Waals surface area (Å²) in [7, 11) is -1.21. The van der Waals surface area contributed by atoms with Crippen LogP contribution in [0.5, 0.6) is 0 Å². The summed E-state index contributed by atoms with van der Waals surface area (Å²) in [5.41, 5.74) is 1.83. The minimum atomic E-state index is -1.21. The summed E-state index contributed by atoms with van der Waals surface area (Å²) in [4.78, 5) is 6.86. The van der Waals surface area contributed by atoms with Crippen LogP contribution in [0.15, 0.2) is 41.8 Å². The molecule has 2 rings (SSSR count). The molecule has 0 bridgehead atoms. The van der Waals surface area contributed by atoms with Crippen molar-refractivity contribution in [1.82, 2.24) is 9.97 Å². The monoisotopic (exact) mass is 295 g/mol. The summed E-state index contributed by atoms with van der Waals surface area (Å²) >= 11 is 0. The van der Waals surface area contributed by atoms with Gasteiger partial charge in [0, 0.05) is 30.5 Å². The number of nitrogens with one attached hydrogen (secondary N) is 2. The molecule has 2 N–H and O–H groups in total. The van der Waals surface area contributed by atoms with Gasteiger partial charge in [-0.3, -0.25) is 8.60 Å². The summed E-state index contributed by atoms with van der Waals surface area (Å²) in [6, 6.07) is 7.64. The number of alkyl halides is 1. The average Bonchev–Trinajstić information content (AvgIpc) is 3.00. The fourth-order valence-corrected chi connectivity index (χ4v) is 2.79. The predicted molar refractivity (Wildman–Crippen MR) is 78.8 cm³/mol. The highest BCUT2D eigenvalue weighted by Gasteiger charge is 2.11. The molecule has 0 aliphatic rings. The summed E-state index contributed by atoms with van der Waals surface area (Å²) in [6.07, 6.45) is 3.24. The van der Waals surface area contributed by atoms with Gasteiger partial charge in [0.1, 0.15) is 0 Å². The number of aromatic amines is 1. The minimum Gasteiger partial charge on any atom is -0.384 e. The van der Waals surface area contributed by atoms with Crippen molar-refractivity contribution in [2.24, 2.45) is 5.92 Å². The predicted octanol–water partition coefficient (Wildman–Crippen LogP) is 2.74. The number of halogens is 1. The van der Waals surface area contributed by atoms with E-state index in [1.54, 1.807) is 12.4 Å². The van der Waals surface area contributed by atoms with Crippen LogP contribution in [-0.2, 0) is 16.6 Å². The summed E-state index contributed by atoms with van der Waals surface area (Å²) in [6.45, 7) is 2.05. The second-order valence-electron chi connectivity index (χ2n) is 4.68. The van der Waals surface area contributed by atoms with Gasteiger partial charge in [0.05, 0.1) is 23.2 Å². The molecular weight excluding hydrogens is 277 g/mol. The topological polar surface area (TPSA) is 57.8 Å². The van der Waals surface area contributed by atoms with E-state index in [-0.39, 0.29) is 12.6 Å². The molecule has 0 aliphatic heterocycles. The van der Waals surface area contributed by atoms with Crippen LogP contribution in [0, 0.1) is 5.92 Å². The van der Waals surface area contributed by atoms with Crippen molar-refractivity contribution in [2.75, 3.05) is 18.5 Å². The van der Waals surface area contributed by atoms with Crippen LogP contribution in [0.3, 0.4) is 0 Å². The number of anilines is 1. The SMILES string of the molecule is CC(CF)CNc1ccccc1CS(=O)c1ncc[nH]1. The molecular formula is C14H18FN3OS. The Hall–Kier alpha value is -1.69. The molecule has 0 aliphatic carbocycles. The maximum absolute atomic E-state index is 12.5. The highest BCUT2D eigenvalue weighted by atomic mass is 32.2. The maximum Gasteiger partial charge on any atom is 0.196 e. The zero-order chi connectivity index (χ0) is 14.4. The number of hydrogen-bond acceptors (Lipinski definition) is 3. The van der Waals surface area contributed by atoms with Crippen LogP contribution in [0.25, 0.3) is 0 Å². The Kier molecular flexibility index (Phi) is 5.29. The van der Waals surface area contributed by atoms with Crippen molar-refractivity contribution < 1.29 is 8.60 Å². The molecule has 1 heterocycles. The van der Waals surface area contributed by atoms with Gasteiger partial charge in [0.15, 0.2) is 5.16 Å². The number of rotatable bonds is 7. The summed E-state index contributed by atoms with van der Waals surface area (Å²) < 4.78 is 24.6. The van der Waals surface area contributed by atoms with Crippen LogP contribution in [0.4, 0.5) is 10.1 Å². The Morgan fingerprint density at radius 2 is 2.25 bits per heavy atom. The third-order valence-corrected chi connectivity index (χ3v) is 4.12. The second-order valence-corrected chi connectivity index (χ2v) is 6.05. The number of imidazole rings is 1. The van der Waals surface area contributed by atoms with E-state index in [1.807, 2.05) is 31.2 Å². The average molecular weight is 295 g/mol. The zero-order valence-corrected chi connectivity index (χ0v) is 12.1. The van der Waals surface area contributed by atoms with Gasteiger partial charge in [0.25, 0.3) is 0 Å². The van der Waals surface area contributed by atoms with E-state index in [9.17, 15) is 8.60 Å². The zero-order valence-electron chi connectivity index (χ0n) is 11.3. The first-order chi connectivity index (χ1) is 9.70. The van der Waals surface area contributed by atoms with Crippen LogP contribution < -0.4 is 5.32 Å². The second kappa shape index (κ2) is 7.19. The first-order valence-corrected chi connectivity index (χ1v) is 7.78. The van der Waals surface area contributed by atoms with E-state index in [4.69, 9.17) is 0 Å². The molecule has 2 aromatic rings. The van der Waals surface area contributed by atoms with Crippen LogP contribution in [0.1, 0.15) is 12.5 Å². The number of hydrogen-bond donors (Lipinski definition) is 2. The first-order valence-electron chi connectivity index (χ1n) is 6.46. The van der Waals surface area contributed by atoms with E-state index in [0.717, 1.165) is 11.3 Å². The van der Waals surface area contributed by atoms with Crippen molar-refractivity contribution in [2.45, 2.75) is 17.8 Å². The van der Waals surface area contributed by atoms with Gasteiger partial charge in [0.2, 0.25) is 0 Å². The fraction of sp³-hybridized carbons (Fsp3) is 0.357. The standard InChI is InChI=1S/C14H18FN3OS/c1-11(8-15)9-18-13-5-3-2-4-12(13)10-20(19)14-16-6-7-17-14/h2-7,11,18H,8-10H2,1H3,(H,16,17). The smallest absolute Gasteiger partial charge is 0.196 e. The molecule has 0 spiro atoms. The first kappa shape index (κ1) is 14.7. The van der Waals surface area contributed by atoms with E-state index < -0.39 is 10.8 Å². The number of aromatic nitrogens is 2. The molecule has 0 fully saturated rings. The Bertz CT molecular complexity index is 559. The molecule has 1 aromatic heterocycles. The van der Waals surface area contributed by atoms with Gasteiger partial charge in [-0.2, -0.15) is 0 Å². The highest BCUT2D eigenvalue weighted by Crippen LogP contribution is 2.19. The molecule has 1 aromatic carbocycles. The number of H-pyrrole nitrogens is 1. The van der Waals surface area contributed by atoms with Gasteiger partial charge >= 0.3 is 0 Å². The fourth-order valence-electron chi connectivity index (χ4n) is 1.74. The van der Waals surface area contributed by atoms with Gasteiger partial charge in [-0.05, 0) is 11.6 Å². The number of para-hydroxylation sites is 1. The molecule has 0 amide bonds. The number of benzene rings is 1. The Balaban J connectivity index is 2.06. The number of nitrogens with zero attached hydrogens (tertiary/aromatic N) is 1. The van der Waals surface area contributed by atoms with E-state index in [1.165, 1.54) is 0 Å². The quantitative estimate of drug-likeness (QED) is 0.826. The van der Waals surface area contributed by atoms with E-state index in [2.05, 4.69) is 15.3 Å². The third kappa shape index (κ3) is 3.90. The van der Waals surface area contributed by atoms with Gasteiger partial charge in [-0.15, -0.1) is 0 Å². The third-order valence-electron chi connectivity index (χ3n) is 2.90. The lowest BCUT2D eigenvalue weighted by molar-refractivity contribution is 0.395. The molecule has 0 saturated heterocycles. The van der Waals surface area contributed by atoms with Gasteiger partial charge < -0.3 is 10.3 Å². The Morgan fingerprint density at radius 1 is 1.45 bits per heavy atom.